The molecular formula is C12H22NO3P. The van der Waals surface area contributed by atoms with E-state index < -0.39 is 19.4 Å². The van der Waals surface area contributed by atoms with Crippen LogP contribution in [0, 0.1) is 5.63 Å². The standard InChI is InChI=1S/C12H22NO3P/c1-2-3-4-5-6-7-8-9-12(13,10-17-16)11(14)15/h2-9,13H2,1H3,(H,14,15). The van der Waals surface area contributed by atoms with Crippen LogP contribution in [0.5, 0.6) is 0 Å². The summed E-state index contributed by atoms with van der Waals surface area (Å²) in [7, 11) is -0.443. The Kier molecular flexibility index (Phi) is 9.16. The normalized spacial score (nSPS) is 13.8. The molecule has 0 saturated carbocycles. The molecule has 0 aromatic carbocycles. The summed E-state index contributed by atoms with van der Waals surface area (Å²) in [6.45, 7) is 2.17. The molecule has 0 fully saturated rings. The van der Waals surface area contributed by atoms with Crippen molar-refractivity contribution in [3.8, 4) is 5.63 Å². The van der Waals surface area contributed by atoms with Gasteiger partial charge in [0.2, 0.25) is 0 Å². The van der Waals surface area contributed by atoms with Gasteiger partial charge in [-0.2, -0.15) is 0 Å². The Bertz CT molecular complexity index is 326. The third kappa shape index (κ3) is 7.38. The van der Waals surface area contributed by atoms with E-state index in [1.165, 1.54) is 25.7 Å². The van der Waals surface area contributed by atoms with Gasteiger partial charge < -0.3 is 0 Å². The average Bonchev–Trinajstić information content (AvgIpc) is 2.28. The summed E-state index contributed by atoms with van der Waals surface area (Å²) < 4.78 is 10.4. The Morgan fingerprint density at radius 2 is 1.76 bits per heavy atom. The van der Waals surface area contributed by atoms with E-state index in [-0.39, 0.29) is 0 Å². The summed E-state index contributed by atoms with van der Waals surface area (Å²) in [6, 6.07) is 0. The SMILES string of the molecule is CCCCCCCCCC(N)(C#P=O)C(=O)O. The fraction of sp³-hybridized carbons (Fsp3) is 0.833. The molecule has 0 radical (unpaired) electrons. The van der Waals surface area contributed by atoms with Gasteiger partial charge in [-0.3, -0.25) is 0 Å². The molecule has 17 heavy (non-hydrogen) atoms. The zero-order chi connectivity index (χ0) is 13.1. The van der Waals surface area contributed by atoms with Crippen molar-refractivity contribution in [1.29, 1.82) is 0 Å². The Balaban J connectivity index is 3.80. The van der Waals surface area contributed by atoms with Crippen LogP contribution in [0.2, 0.25) is 0 Å². The molecule has 98 valence electrons. The Morgan fingerprint density at radius 3 is 2.24 bits per heavy atom. The molecule has 0 aromatic rings. The topological polar surface area (TPSA) is 80.4 Å². The molecule has 4 nitrogen and oxygen atoms in total. The zero-order valence-electron chi connectivity index (χ0n) is 10.4. The number of nitrogens with two attached hydrogens (primary N) is 1. The molecule has 0 rings (SSSR count). The maximum absolute atomic E-state index is 10.9. The molecule has 0 aliphatic rings. The van der Waals surface area contributed by atoms with Gasteiger partial charge in [0.05, 0.1) is 0 Å². The first-order valence-corrected chi connectivity index (χ1v) is 7.00. The molecule has 0 saturated heterocycles. The van der Waals surface area contributed by atoms with Crippen LogP contribution in [-0.2, 0) is 9.36 Å². The summed E-state index contributed by atoms with van der Waals surface area (Å²) in [5.41, 5.74) is 6.30. The summed E-state index contributed by atoms with van der Waals surface area (Å²) in [4.78, 5) is 10.9. The van der Waals surface area contributed by atoms with E-state index in [2.05, 4.69) is 12.6 Å². The van der Waals surface area contributed by atoms with Gasteiger partial charge in [0.15, 0.2) is 0 Å². The third-order valence-corrected chi connectivity index (χ3v) is 3.29. The van der Waals surface area contributed by atoms with E-state index in [0.29, 0.717) is 6.42 Å². The number of hydrogen-bond donors (Lipinski definition) is 2. The van der Waals surface area contributed by atoms with Crippen molar-refractivity contribution in [2.75, 3.05) is 0 Å². The van der Waals surface area contributed by atoms with E-state index in [0.717, 1.165) is 19.3 Å². The molecule has 0 amide bonds. The first-order valence-electron chi connectivity index (χ1n) is 6.18. The van der Waals surface area contributed by atoms with Crippen molar-refractivity contribution >= 4 is 13.9 Å². The van der Waals surface area contributed by atoms with Crippen LogP contribution in [0.4, 0.5) is 0 Å². The molecule has 0 spiro atoms. The molecule has 0 aliphatic heterocycles. The predicted molar refractivity (Wildman–Crippen MR) is 68.7 cm³/mol. The molecule has 0 heterocycles. The maximum atomic E-state index is 10.9. The van der Waals surface area contributed by atoms with Crippen molar-refractivity contribution in [3.05, 3.63) is 0 Å². The summed E-state index contributed by atoms with van der Waals surface area (Å²) in [5.74, 6) is -1.16. The minimum atomic E-state index is -1.56. The number of carbonyl (C=O) groups is 1. The van der Waals surface area contributed by atoms with Crippen LogP contribution in [-0.4, -0.2) is 16.6 Å². The van der Waals surface area contributed by atoms with Gasteiger partial charge in [-0.15, -0.1) is 0 Å². The Labute approximate surface area is 104 Å². The quantitative estimate of drug-likeness (QED) is 0.492. The average molecular weight is 259 g/mol. The van der Waals surface area contributed by atoms with Crippen molar-refractivity contribution in [2.24, 2.45) is 5.73 Å². The molecule has 5 heteroatoms. The molecule has 0 aromatic heterocycles. The second-order valence-electron chi connectivity index (χ2n) is 4.35. The number of unbranched alkanes of at least 4 members (excludes halogenated alkanes) is 6. The van der Waals surface area contributed by atoms with Gasteiger partial charge in [0, 0.05) is 0 Å². The fourth-order valence-electron chi connectivity index (χ4n) is 1.65. The molecule has 3 N–H and O–H groups in total. The summed E-state index contributed by atoms with van der Waals surface area (Å²) in [5, 5.41) is 8.91. The van der Waals surface area contributed by atoms with E-state index in [1.54, 1.807) is 0 Å². The van der Waals surface area contributed by atoms with Crippen LogP contribution in [0.1, 0.15) is 58.3 Å². The molecular weight excluding hydrogens is 237 g/mol. The molecule has 1 atom stereocenters. The van der Waals surface area contributed by atoms with Gasteiger partial charge in [-0.25, -0.2) is 0 Å². The molecule has 0 bridgehead atoms. The second-order valence-corrected chi connectivity index (χ2v) is 4.76. The van der Waals surface area contributed by atoms with Crippen molar-refractivity contribution in [1.82, 2.24) is 0 Å². The number of hydrogen-bond acceptors (Lipinski definition) is 3. The number of carboxylic acids is 1. The van der Waals surface area contributed by atoms with Crippen LogP contribution >= 0.6 is 7.92 Å². The minimum absolute atomic E-state index is 0.297. The van der Waals surface area contributed by atoms with Gasteiger partial charge >= 0.3 is 104 Å². The monoisotopic (exact) mass is 259 g/mol. The van der Waals surface area contributed by atoms with E-state index in [4.69, 9.17) is 10.8 Å². The fourth-order valence-corrected chi connectivity index (χ4v) is 2.02. The Morgan fingerprint density at radius 1 is 1.24 bits per heavy atom. The van der Waals surface area contributed by atoms with Gasteiger partial charge in [0.25, 0.3) is 0 Å². The van der Waals surface area contributed by atoms with Crippen LogP contribution in [0.25, 0.3) is 0 Å². The molecule has 1 unspecified atom stereocenters. The second kappa shape index (κ2) is 9.47. The van der Waals surface area contributed by atoms with Crippen LogP contribution < -0.4 is 5.73 Å². The van der Waals surface area contributed by atoms with Gasteiger partial charge in [0.1, 0.15) is 0 Å². The van der Waals surface area contributed by atoms with E-state index in [1.807, 2.05) is 0 Å². The van der Waals surface area contributed by atoms with Gasteiger partial charge in [-0.1, -0.05) is 0 Å². The number of rotatable bonds is 9. The number of carboxylic acid groups (broad SMARTS) is 1. The van der Waals surface area contributed by atoms with Crippen molar-refractivity contribution in [3.63, 3.8) is 0 Å². The number of aliphatic carboxylic acids is 1. The first-order chi connectivity index (χ1) is 8.06. The van der Waals surface area contributed by atoms with E-state index >= 15 is 0 Å². The van der Waals surface area contributed by atoms with E-state index in [9.17, 15) is 9.36 Å². The summed E-state index contributed by atoms with van der Waals surface area (Å²) in [6.07, 6.45) is 8.00. The van der Waals surface area contributed by atoms with Crippen molar-refractivity contribution in [2.45, 2.75) is 63.8 Å². The first kappa shape index (κ1) is 16.4. The summed E-state index contributed by atoms with van der Waals surface area (Å²) >= 11 is 0. The van der Waals surface area contributed by atoms with Gasteiger partial charge in [-0.05, 0) is 0 Å². The Hall–Kier alpha value is -0.560. The van der Waals surface area contributed by atoms with Crippen LogP contribution in [0.3, 0.4) is 0 Å². The van der Waals surface area contributed by atoms with Crippen LogP contribution in [0.15, 0.2) is 0 Å². The zero-order valence-corrected chi connectivity index (χ0v) is 11.3. The van der Waals surface area contributed by atoms with Crippen molar-refractivity contribution < 1.29 is 14.5 Å². The third-order valence-electron chi connectivity index (χ3n) is 2.80. The molecule has 0 aliphatic carbocycles. The predicted octanol–water partition coefficient (Wildman–Crippen LogP) is 3.16.